The summed E-state index contributed by atoms with van der Waals surface area (Å²) in [6, 6.07) is 5.62. The summed E-state index contributed by atoms with van der Waals surface area (Å²) in [5.41, 5.74) is 7.52. The van der Waals surface area contributed by atoms with Gasteiger partial charge in [-0.05, 0) is 18.1 Å². The first-order valence-corrected chi connectivity index (χ1v) is 5.33. The summed E-state index contributed by atoms with van der Waals surface area (Å²) in [6.07, 6.45) is 0. The third-order valence-corrected chi connectivity index (χ3v) is 2.35. The van der Waals surface area contributed by atoms with Gasteiger partial charge in [0.25, 0.3) is 0 Å². The molecule has 0 saturated heterocycles. The summed E-state index contributed by atoms with van der Waals surface area (Å²) in [5, 5.41) is 3.29. The molecule has 0 saturated carbocycles. The van der Waals surface area contributed by atoms with Crippen LogP contribution in [-0.2, 0) is 4.74 Å². The highest BCUT2D eigenvalue weighted by atomic mass is 16.5. The molecule has 0 aromatic heterocycles. The Morgan fingerprint density at radius 3 is 2.69 bits per heavy atom. The molecule has 0 bridgehead atoms. The van der Waals surface area contributed by atoms with E-state index in [0.717, 1.165) is 24.6 Å². The number of nitrogens with two attached hydrogens (primary N) is 1. The van der Waals surface area contributed by atoms with E-state index >= 15 is 0 Å². The van der Waals surface area contributed by atoms with Gasteiger partial charge in [-0.2, -0.15) is 0 Å². The first-order valence-electron chi connectivity index (χ1n) is 5.33. The van der Waals surface area contributed by atoms with Crippen LogP contribution in [0.2, 0.25) is 0 Å². The molecule has 3 N–H and O–H groups in total. The van der Waals surface area contributed by atoms with Gasteiger partial charge in [-0.15, -0.1) is 0 Å². The minimum Gasteiger partial charge on any atom is -0.497 e. The van der Waals surface area contributed by atoms with Crippen molar-refractivity contribution in [3.8, 4) is 5.75 Å². The zero-order valence-electron chi connectivity index (χ0n) is 10.1. The molecule has 0 spiro atoms. The highest BCUT2D eigenvalue weighted by molar-refractivity contribution is 5.68. The van der Waals surface area contributed by atoms with Crippen LogP contribution in [0.25, 0.3) is 0 Å². The maximum absolute atomic E-state index is 5.88. The third-order valence-electron chi connectivity index (χ3n) is 2.35. The number of methoxy groups -OCH3 is 2. The number of anilines is 2. The smallest absolute Gasteiger partial charge is 0.121 e. The Hall–Kier alpha value is -1.42. The van der Waals surface area contributed by atoms with E-state index in [2.05, 4.69) is 12.2 Å². The molecular weight excluding hydrogens is 204 g/mol. The van der Waals surface area contributed by atoms with Crippen molar-refractivity contribution in [3.05, 3.63) is 18.2 Å². The molecule has 0 heterocycles. The average molecular weight is 224 g/mol. The lowest BCUT2D eigenvalue weighted by Crippen LogP contribution is -2.16. The number of ether oxygens (including phenoxy) is 2. The van der Waals surface area contributed by atoms with Gasteiger partial charge >= 0.3 is 0 Å². The van der Waals surface area contributed by atoms with Crippen molar-refractivity contribution in [1.82, 2.24) is 0 Å². The topological polar surface area (TPSA) is 56.5 Å². The van der Waals surface area contributed by atoms with Crippen molar-refractivity contribution in [3.63, 3.8) is 0 Å². The van der Waals surface area contributed by atoms with E-state index in [9.17, 15) is 0 Å². The van der Waals surface area contributed by atoms with Crippen LogP contribution < -0.4 is 15.8 Å². The van der Waals surface area contributed by atoms with Crippen LogP contribution in [0, 0.1) is 5.92 Å². The molecule has 1 aromatic carbocycles. The Morgan fingerprint density at radius 1 is 1.38 bits per heavy atom. The average Bonchev–Trinajstić information content (AvgIpc) is 2.27. The minimum atomic E-state index is 0.450. The van der Waals surface area contributed by atoms with E-state index in [-0.39, 0.29) is 0 Å². The second-order valence-corrected chi connectivity index (χ2v) is 3.89. The summed E-state index contributed by atoms with van der Waals surface area (Å²) in [5.74, 6) is 1.22. The molecule has 90 valence electrons. The van der Waals surface area contributed by atoms with Crippen molar-refractivity contribution < 1.29 is 9.47 Å². The molecule has 16 heavy (non-hydrogen) atoms. The predicted octanol–water partition coefficient (Wildman–Crippen LogP) is 1.97. The largest absolute Gasteiger partial charge is 0.497 e. The van der Waals surface area contributed by atoms with Crippen LogP contribution in [0.1, 0.15) is 6.92 Å². The second kappa shape index (κ2) is 6.23. The van der Waals surface area contributed by atoms with Gasteiger partial charge in [0.1, 0.15) is 5.75 Å². The fourth-order valence-electron chi connectivity index (χ4n) is 1.46. The number of hydrogen-bond acceptors (Lipinski definition) is 4. The molecule has 4 heteroatoms. The van der Waals surface area contributed by atoms with E-state index in [0.29, 0.717) is 11.6 Å². The molecule has 1 aromatic rings. The molecule has 0 fully saturated rings. The molecule has 4 nitrogen and oxygen atoms in total. The monoisotopic (exact) mass is 224 g/mol. The molecule has 1 unspecified atom stereocenters. The van der Waals surface area contributed by atoms with Gasteiger partial charge < -0.3 is 20.5 Å². The molecule has 0 radical (unpaired) electrons. The quantitative estimate of drug-likeness (QED) is 0.725. The fourth-order valence-corrected chi connectivity index (χ4v) is 1.46. The van der Waals surface area contributed by atoms with E-state index in [1.165, 1.54) is 0 Å². The predicted molar refractivity (Wildman–Crippen MR) is 66.9 cm³/mol. The lowest BCUT2D eigenvalue weighted by Gasteiger charge is -2.14. The van der Waals surface area contributed by atoms with Gasteiger partial charge in [0, 0.05) is 19.7 Å². The van der Waals surface area contributed by atoms with E-state index in [4.69, 9.17) is 15.2 Å². The third kappa shape index (κ3) is 3.62. The van der Waals surface area contributed by atoms with Crippen LogP contribution in [0.15, 0.2) is 18.2 Å². The molecule has 0 aliphatic carbocycles. The normalized spacial score (nSPS) is 12.2. The van der Waals surface area contributed by atoms with Crippen LogP contribution in [0.5, 0.6) is 5.75 Å². The van der Waals surface area contributed by atoms with Crippen LogP contribution >= 0.6 is 0 Å². The fraction of sp³-hybridized carbons (Fsp3) is 0.500. The van der Waals surface area contributed by atoms with Gasteiger partial charge in [-0.1, -0.05) is 6.92 Å². The number of nitrogens with one attached hydrogen (secondary N) is 1. The van der Waals surface area contributed by atoms with Gasteiger partial charge in [0.2, 0.25) is 0 Å². The lowest BCUT2D eigenvalue weighted by molar-refractivity contribution is 0.164. The van der Waals surface area contributed by atoms with Crippen LogP contribution in [0.4, 0.5) is 11.4 Å². The Bertz CT molecular complexity index is 329. The number of hydrogen-bond donors (Lipinski definition) is 2. The first kappa shape index (κ1) is 12.6. The summed E-state index contributed by atoms with van der Waals surface area (Å²) >= 11 is 0. The van der Waals surface area contributed by atoms with Gasteiger partial charge in [-0.3, -0.25) is 0 Å². The van der Waals surface area contributed by atoms with Crippen LogP contribution in [-0.4, -0.2) is 27.4 Å². The summed E-state index contributed by atoms with van der Waals surface area (Å²) in [4.78, 5) is 0. The van der Waals surface area contributed by atoms with Crippen molar-refractivity contribution in [2.24, 2.45) is 5.92 Å². The van der Waals surface area contributed by atoms with Crippen molar-refractivity contribution in [2.45, 2.75) is 6.92 Å². The van der Waals surface area contributed by atoms with Gasteiger partial charge in [0.05, 0.1) is 25.1 Å². The highest BCUT2D eigenvalue weighted by Crippen LogP contribution is 2.24. The van der Waals surface area contributed by atoms with Crippen LogP contribution in [0.3, 0.4) is 0 Å². The second-order valence-electron chi connectivity index (χ2n) is 3.89. The molecule has 0 aliphatic rings. The molecule has 1 rings (SSSR count). The zero-order valence-corrected chi connectivity index (χ0v) is 10.1. The Balaban J connectivity index is 2.54. The summed E-state index contributed by atoms with van der Waals surface area (Å²) in [7, 11) is 3.33. The van der Waals surface area contributed by atoms with E-state index in [1.54, 1.807) is 14.2 Å². The standard InChI is InChI=1S/C12H20N2O2/c1-9(8-15-2)7-14-12-5-4-10(16-3)6-11(12)13/h4-6,9,14H,7-8,13H2,1-3H3. The lowest BCUT2D eigenvalue weighted by atomic mass is 10.2. The summed E-state index contributed by atoms with van der Waals surface area (Å²) in [6.45, 7) is 3.70. The number of nitrogen functional groups attached to an aromatic ring is 1. The van der Waals surface area contributed by atoms with Crippen molar-refractivity contribution in [2.75, 3.05) is 38.4 Å². The number of benzene rings is 1. The zero-order chi connectivity index (χ0) is 12.0. The van der Waals surface area contributed by atoms with Gasteiger partial charge in [0.15, 0.2) is 0 Å². The Labute approximate surface area is 96.7 Å². The number of rotatable bonds is 6. The maximum atomic E-state index is 5.88. The van der Waals surface area contributed by atoms with Crippen molar-refractivity contribution >= 4 is 11.4 Å². The molecule has 0 amide bonds. The highest BCUT2D eigenvalue weighted by Gasteiger charge is 2.04. The molecule has 1 atom stereocenters. The van der Waals surface area contributed by atoms with E-state index in [1.807, 2.05) is 18.2 Å². The first-order chi connectivity index (χ1) is 7.67. The maximum Gasteiger partial charge on any atom is 0.121 e. The minimum absolute atomic E-state index is 0.450. The molecular formula is C12H20N2O2. The Kier molecular flexibility index (Phi) is 4.92. The molecule has 0 aliphatic heterocycles. The Morgan fingerprint density at radius 2 is 2.12 bits per heavy atom. The van der Waals surface area contributed by atoms with E-state index < -0.39 is 0 Å². The SMILES string of the molecule is COCC(C)CNc1ccc(OC)cc1N. The van der Waals surface area contributed by atoms with Crippen molar-refractivity contribution in [1.29, 1.82) is 0 Å². The summed E-state index contributed by atoms with van der Waals surface area (Å²) < 4.78 is 10.2. The van der Waals surface area contributed by atoms with Gasteiger partial charge in [-0.25, -0.2) is 0 Å².